The molecule has 16 atom stereocenters. The van der Waals surface area contributed by atoms with E-state index in [-0.39, 0.29) is 75.6 Å². The van der Waals surface area contributed by atoms with Gasteiger partial charge < -0.3 is 39.4 Å². The van der Waals surface area contributed by atoms with E-state index in [1.165, 1.54) is 6.92 Å². The maximum Gasteiger partial charge on any atom is 0.302 e. The first-order chi connectivity index (χ1) is 21.8. The van der Waals surface area contributed by atoms with E-state index in [0.29, 0.717) is 12.3 Å². The first-order valence-corrected chi connectivity index (χ1v) is 18.2. The molecule has 1 unspecified atom stereocenters. The Labute approximate surface area is 279 Å². The van der Waals surface area contributed by atoms with E-state index in [1.807, 2.05) is 13.8 Å². The molecular weight excluding hydrogens is 604 g/mol. The van der Waals surface area contributed by atoms with Crippen LogP contribution in [0, 0.1) is 50.7 Å². The van der Waals surface area contributed by atoms with E-state index >= 15 is 0 Å². The molecule has 47 heavy (non-hydrogen) atoms. The number of hydrogen-bond acceptors (Lipinski definition) is 10. The lowest BCUT2D eigenvalue weighted by Crippen LogP contribution is -2.61. The Morgan fingerprint density at radius 3 is 2.21 bits per heavy atom. The molecule has 5 saturated carbocycles. The molecule has 5 aliphatic carbocycles. The maximum absolute atomic E-state index is 14.2. The van der Waals surface area contributed by atoms with Crippen LogP contribution >= 0.6 is 0 Å². The highest BCUT2D eigenvalue weighted by molar-refractivity contribution is 5.90. The lowest BCUT2D eigenvalue weighted by molar-refractivity contribution is -0.303. The van der Waals surface area contributed by atoms with Crippen molar-refractivity contribution in [3.8, 4) is 0 Å². The van der Waals surface area contributed by atoms with Crippen LogP contribution in [-0.4, -0.2) is 93.4 Å². The second-order valence-electron chi connectivity index (χ2n) is 18.4. The molecule has 4 N–H and O–H groups in total. The highest BCUT2D eigenvalue weighted by Crippen LogP contribution is 2.89. The molecule has 2 spiro atoms. The summed E-state index contributed by atoms with van der Waals surface area (Å²) >= 11 is 0. The number of aliphatic hydroxyl groups excluding tert-OH is 4. The first kappa shape index (κ1) is 34.3. The summed E-state index contributed by atoms with van der Waals surface area (Å²) in [5.74, 6) is -0.211. The monoisotopic (exact) mass is 662 g/mol. The van der Waals surface area contributed by atoms with Crippen LogP contribution in [0.3, 0.4) is 0 Å². The number of carbonyl (C=O) groups is 2. The third kappa shape index (κ3) is 4.53. The van der Waals surface area contributed by atoms with Crippen LogP contribution in [0.4, 0.5) is 0 Å². The minimum Gasteiger partial charge on any atom is -0.460 e. The molecule has 0 radical (unpaired) electrons. The summed E-state index contributed by atoms with van der Waals surface area (Å²) < 4.78 is 23.7. The SMILES string of the molecule is CC(=O)O[C@H](C[C@@H](C)[C@H]1C(=O)[C@H](O)[C@@]2(C)[C@@H]3CC[C@H]4C(C)(C)[C@@H](O[C@@H]5OC[C@H](O)[C@H](O)[C@H]5O)CC[C@@]45CC35CC[C@]12C)[C@@H]1OC1(C)C. The number of epoxide rings is 1. The van der Waals surface area contributed by atoms with Crippen molar-refractivity contribution >= 4 is 11.8 Å². The number of aliphatic hydroxyl groups is 4. The van der Waals surface area contributed by atoms with Crippen LogP contribution in [0.15, 0.2) is 0 Å². The Balaban J connectivity index is 1.12. The largest absolute Gasteiger partial charge is 0.460 e. The van der Waals surface area contributed by atoms with Crippen LogP contribution in [0.2, 0.25) is 0 Å². The fourth-order valence-electron chi connectivity index (χ4n) is 13.2. The van der Waals surface area contributed by atoms with Crippen molar-refractivity contribution in [1.29, 1.82) is 0 Å². The van der Waals surface area contributed by atoms with Crippen LogP contribution < -0.4 is 0 Å². The smallest absolute Gasteiger partial charge is 0.302 e. The van der Waals surface area contributed by atoms with Gasteiger partial charge in [-0.25, -0.2) is 0 Å². The van der Waals surface area contributed by atoms with Gasteiger partial charge in [0.2, 0.25) is 0 Å². The topological polar surface area (TPSA) is 155 Å². The number of hydrogen-bond donors (Lipinski definition) is 4. The van der Waals surface area contributed by atoms with Crippen molar-refractivity contribution in [2.45, 2.75) is 161 Å². The number of ether oxygens (including phenoxy) is 4. The minimum atomic E-state index is -1.31. The lowest BCUT2D eigenvalue weighted by Gasteiger charge is -2.63. The highest BCUT2D eigenvalue weighted by Gasteiger charge is 2.84. The zero-order valence-electron chi connectivity index (χ0n) is 29.5. The van der Waals surface area contributed by atoms with Gasteiger partial charge in [0.15, 0.2) is 12.1 Å². The van der Waals surface area contributed by atoms with Crippen molar-refractivity contribution in [1.82, 2.24) is 0 Å². The summed E-state index contributed by atoms with van der Waals surface area (Å²) in [6.07, 6.45) is 0.666. The van der Waals surface area contributed by atoms with Crippen LogP contribution in [0.1, 0.15) is 107 Å². The molecule has 7 aliphatic rings. The van der Waals surface area contributed by atoms with Gasteiger partial charge in [0.1, 0.15) is 36.6 Å². The molecule has 0 aromatic carbocycles. The number of Topliss-reactive ketones (excluding diaryl/α,β-unsaturated/α-hetero) is 1. The Kier molecular flexibility index (Phi) is 7.80. The van der Waals surface area contributed by atoms with E-state index in [2.05, 4.69) is 34.6 Å². The van der Waals surface area contributed by atoms with E-state index in [4.69, 9.17) is 18.9 Å². The normalized spacial score (nSPS) is 53.5. The molecule has 10 heteroatoms. The fraction of sp³-hybridized carbons (Fsp3) is 0.946. The average Bonchev–Trinajstić information content (AvgIpc) is 3.84. The quantitative estimate of drug-likeness (QED) is 0.181. The Morgan fingerprint density at radius 2 is 1.57 bits per heavy atom. The minimum absolute atomic E-state index is 0.0512. The molecule has 2 heterocycles. The van der Waals surface area contributed by atoms with Crippen molar-refractivity contribution < 1.29 is 49.0 Å². The predicted molar refractivity (Wildman–Crippen MR) is 170 cm³/mol. The third-order valence-electron chi connectivity index (χ3n) is 15.7. The van der Waals surface area contributed by atoms with Crippen molar-refractivity contribution in [2.75, 3.05) is 6.61 Å². The molecule has 266 valence electrons. The zero-order valence-corrected chi connectivity index (χ0v) is 29.5. The number of fused-ring (bicyclic) bond motifs is 2. The number of ketones is 1. The summed E-state index contributed by atoms with van der Waals surface area (Å²) in [5, 5.41) is 42.8. The summed E-state index contributed by atoms with van der Waals surface area (Å²) in [6.45, 7) is 16.4. The Bertz CT molecular complexity index is 1300. The fourth-order valence-corrected chi connectivity index (χ4v) is 13.2. The predicted octanol–water partition coefficient (Wildman–Crippen LogP) is 3.53. The summed E-state index contributed by atoms with van der Waals surface area (Å²) in [7, 11) is 0. The molecule has 0 aromatic heterocycles. The zero-order chi connectivity index (χ0) is 34.3. The molecule has 2 saturated heterocycles. The molecule has 7 rings (SSSR count). The van der Waals surface area contributed by atoms with Crippen molar-refractivity contribution in [3.05, 3.63) is 0 Å². The number of carbonyl (C=O) groups excluding carboxylic acids is 2. The molecule has 0 aromatic rings. The third-order valence-corrected chi connectivity index (χ3v) is 15.7. The van der Waals surface area contributed by atoms with E-state index < -0.39 is 42.2 Å². The van der Waals surface area contributed by atoms with Gasteiger partial charge in [0.05, 0.1) is 18.3 Å². The lowest BCUT2D eigenvalue weighted by atomic mass is 9.41. The molecular formula is C37H58O10. The van der Waals surface area contributed by atoms with Gasteiger partial charge >= 0.3 is 5.97 Å². The Hall–Kier alpha value is -1.14. The maximum atomic E-state index is 14.2. The summed E-state index contributed by atoms with van der Waals surface area (Å²) in [6, 6.07) is 0. The van der Waals surface area contributed by atoms with E-state index in [0.717, 1.165) is 44.9 Å². The van der Waals surface area contributed by atoms with Gasteiger partial charge in [0.25, 0.3) is 0 Å². The standard InChI is InChI=1S/C37H58O10/c1-18(15-21(45-19(2)38)30-33(5,6)47-30)25-27(41)29(43)35(8)23-10-9-22-32(3,4)24(46-31-28(42)26(40)20(39)16-44-31)11-12-36(22)17-37(23,36)14-13-34(25,35)7/h18,20-26,28-31,39-40,42-43H,9-17H2,1-8H3/t18-,20+,21-,22+,23+,24+,25+,26+,28-,29+,30+,31+,34-,35-,36-,37?/m1/s1. The van der Waals surface area contributed by atoms with Gasteiger partial charge in [-0.1, -0.05) is 34.6 Å². The molecule has 0 amide bonds. The van der Waals surface area contributed by atoms with Crippen LogP contribution in [0.25, 0.3) is 0 Å². The van der Waals surface area contributed by atoms with Crippen molar-refractivity contribution in [2.24, 2.45) is 50.7 Å². The highest BCUT2D eigenvalue weighted by atomic mass is 16.7. The average molecular weight is 663 g/mol. The second-order valence-corrected chi connectivity index (χ2v) is 18.4. The molecule has 2 aliphatic heterocycles. The molecule has 0 bridgehead atoms. The van der Waals surface area contributed by atoms with Gasteiger partial charge in [-0.3, -0.25) is 9.59 Å². The Morgan fingerprint density at radius 1 is 0.936 bits per heavy atom. The molecule has 10 nitrogen and oxygen atoms in total. The number of rotatable bonds is 7. The van der Waals surface area contributed by atoms with Gasteiger partial charge in [0, 0.05) is 18.3 Å². The van der Waals surface area contributed by atoms with Gasteiger partial charge in [-0.15, -0.1) is 0 Å². The number of esters is 1. The molecule has 7 fully saturated rings. The van der Waals surface area contributed by atoms with E-state index in [9.17, 15) is 30.0 Å². The van der Waals surface area contributed by atoms with Crippen molar-refractivity contribution in [3.63, 3.8) is 0 Å². The van der Waals surface area contributed by atoms with Crippen LogP contribution in [0.5, 0.6) is 0 Å². The van der Waals surface area contributed by atoms with Gasteiger partial charge in [-0.2, -0.15) is 0 Å². The summed E-state index contributed by atoms with van der Waals surface area (Å²) in [5.41, 5.74) is -1.34. The second kappa shape index (κ2) is 10.7. The first-order valence-electron chi connectivity index (χ1n) is 18.2. The van der Waals surface area contributed by atoms with E-state index in [1.54, 1.807) is 0 Å². The summed E-state index contributed by atoms with van der Waals surface area (Å²) in [4.78, 5) is 26.3. The van der Waals surface area contributed by atoms with Crippen LogP contribution in [-0.2, 0) is 28.5 Å². The van der Waals surface area contributed by atoms with Gasteiger partial charge in [-0.05, 0) is 105 Å².